The van der Waals surface area contributed by atoms with Crippen LogP contribution in [0.4, 0.5) is 5.69 Å². The van der Waals surface area contributed by atoms with Gasteiger partial charge in [0.2, 0.25) is 6.79 Å². The number of ether oxygens (including phenoxy) is 3. The lowest BCUT2D eigenvalue weighted by atomic mass is 10.2. The van der Waals surface area contributed by atoms with Gasteiger partial charge in [0.15, 0.2) is 11.5 Å². The van der Waals surface area contributed by atoms with E-state index in [0.717, 1.165) is 17.1 Å². The Morgan fingerprint density at radius 2 is 2.00 bits per heavy atom. The number of benzene rings is 2. The molecule has 20 heavy (non-hydrogen) atoms. The number of nitrogens with two attached hydrogens (primary N) is 1. The normalized spacial score (nSPS) is 11.9. The summed E-state index contributed by atoms with van der Waals surface area (Å²) >= 11 is 0. The lowest BCUT2D eigenvalue weighted by Crippen LogP contribution is -1.99. The number of anilines is 1. The molecule has 1 heterocycles. The minimum absolute atomic E-state index is 0.252. The third-order valence-corrected chi connectivity index (χ3v) is 2.97. The Balaban J connectivity index is 1.72. The molecule has 0 saturated heterocycles. The van der Waals surface area contributed by atoms with E-state index in [-0.39, 0.29) is 6.79 Å². The van der Waals surface area contributed by atoms with E-state index in [0.29, 0.717) is 23.6 Å². The number of hydrogen-bond acceptors (Lipinski definition) is 5. The molecular formula is C15H12N2O3. The summed E-state index contributed by atoms with van der Waals surface area (Å²) in [5.41, 5.74) is 7.75. The largest absolute Gasteiger partial charge is 0.487 e. The number of rotatable bonds is 3. The van der Waals surface area contributed by atoms with E-state index in [1.54, 1.807) is 18.2 Å². The second kappa shape index (κ2) is 5.02. The van der Waals surface area contributed by atoms with Gasteiger partial charge in [-0.15, -0.1) is 0 Å². The molecular weight excluding hydrogens is 256 g/mol. The third-order valence-electron chi connectivity index (χ3n) is 2.97. The molecule has 2 aromatic carbocycles. The molecule has 0 aliphatic carbocycles. The lowest BCUT2D eigenvalue weighted by Gasteiger charge is -2.09. The van der Waals surface area contributed by atoms with Gasteiger partial charge in [-0.3, -0.25) is 0 Å². The molecule has 2 aromatic rings. The maximum atomic E-state index is 8.78. The molecule has 2 N–H and O–H groups in total. The molecule has 5 heteroatoms. The monoisotopic (exact) mass is 268 g/mol. The van der Waals surface area contributed by atoms with Crippen LogP contribution in [0.15, 0.2) is 36.4 Å². The van der Waals surface area contributed by atoms with Crippen molar-refractivity contribution in [1.82, 2.24) is 0 Å². The van der Waals surface area contributed by atoms with Gasteiger partial charge in [0.25, 0.3) is 0 Å². The Morgan fingerprint density at radius 1 is 1.15 bits per heavy atom. The first-order valence-corrected chi connectivity index (χ1v) is 6.07. The highest BCUT2D eigenvalue weighted by Crippen LogP contribution is 2.33. The minimum atomic E-state index is 0.252. The number of fused-ring (bicyclic) bond motifs is 1. The first-order chi connectivity index (χ1) is 9.76. The molecule has 100 valence electrons. The van der Waals surface area contributed by atoms with E-state index in [9.17, 15) is 0 Å². The minimum Gasteiger partial charge on any atom is -0.487 e. The Labute approximate surface area is 116 Å². The molecule has 0 unspecified atom stereocenters. The van der Waals surface area contributed by atoms with Crippen LogP contribution in [0, 0.1) is 11.3 Å². The van der Waals surface area contributed by atoms with Crippen LogP contribution in [0.1, 0.15) is 11.1 Å². The van der Waals surface area contributed by atoms with Crippen molar-refractivity contribution in [1.29, 1.82) is 5.26 Å². The summed E-state index contributed by atoms with van der Waals surface area (Å²) in [5, 5.41) is 8.78. The van der Waals surface area contributed by atoms with E-state index in [1.807, 2.05) is 24.3 Å². The van der Waals surface area contributed by atoms with E-state index < -0.39 is 0 Å². The van der Waals surface area contributed by atoms with Crippen molar-refractivity contribution >= 4 is 5.69 Å². The predicted octanol–water partition coefficient (Wildman–Crippen LogP) is 2.45. The fraction of sp³-hybridized carbons (Fsp3) is 0.133. The Hall–Kier alpha value is -2.87. The number of hydrogen-bond donors (Lipinski definition) is 1. The Morgan fingerprint density at radius 3 is 2.80 bits per heavy atom. The third kappa shape index (κ3) is 2.31. The van der Waals surface area contributed by atoms with Gasteiger partial charge in [0, 0.05) is 0 Å². The van der Waals surface area contributed by atoms with Gasteiger partial charge in [0.1, 0.15) is 12.4 Å². The van der Waals surface area contributed by atoms with Crippen LogP contribution in [0.5, 0.6) is 17.2 Å². The summed E-state index contributed by atoms with van der Waals surface area (Å²) in [7, 11) is 0. The van der Waals surface area contributed by atoms with E-state index in [1.165, 1.54) is 0 Å². The highest BCUT2D eigenvalue weighted by atomic mass is 16.7. The number of nitrogens with zero attached hydrogens (tertiary/aromatic N) is 1. The number of nitriles is 1. The molecule has 0 saturated carbocycles. The molecule has 0 aromatic heterocycles. The van der Waals surface area contributed by atoms with Gasteiger partial charge in [-0.2, -0.15) is 5.26 Å². The average molecular weight is 268 g/mol. The van der Waals surface area contributed by atoms with Crippen molar-refractivity contribution in [3.8, 4) is 23.3 Å². The van der Waals surface area contributed by atoms with Gasteiger partial charge in [-0.1, -0.05) is 6.07 Å². The van der Waals surface area contributed by atoms with Crippen molar-refractivity contribution < 1.29 is 14.2 Å². The van der Waals surface area contributed by atoms with Gasteiger partial charge in [0.05, 0.1) is 17.3 Å². The van der Waals surface area contributed by atoms with Crippen molar-refractivity contribution in [3.63, 3.8) is 0 Å². The summed E-state index contributed by atoms with van der Waals surface area (Å²) in [6.45, 7) is 0.620. The molecule has 3 rings (SSSR count). The molecule has 5 nitrogen and oxygen atoms in total. The summed E-state index contributed by atoms with van der Waals surface area (Å²) < 4.78 is 16.2. The summed E-state index contributed by atoms with van der Waals surface area (Å²) in [4.78, 5) is 0. The maximum Gasteiger partial charge on any atom is 0.231 e. The summed E-state index contributed by atoms with van der Waals surface area (Å²) in [5.74, 6) is 2.02. The standard InChI is InChI=1S/C15H12N2O3/c16-7-10-1-3-13(12(17)5-10)18-8-11-2-4-14-15(6-11)20-9-19-14/h1-6H,8-9,17H2. The van der Waals surface area contributed by atoms with Crippen LogP contribution in [-0.2, 0) is 6.61 Å². The van der Waals surface area contributed by atoms with Crippen LogP contribution in [-0.4, -0.2) is 6.79 Å². The molecule has 0 bridgehead atoms. The fourth-order valence-electron chi connectivity index (χ4n) is 1.94. The van der Waals surface area contributed by atoms with Crippen LogP contribution in [0.25, 0.3) is 0 Å². The zero-order valence-corrected chi connectivity index (χ0v) is 10.6. The molecule has 0 fully saturated rings. The number of nitrogen functional groups attached to an aromatic ring is 1. The van der Waals surface area contributed by atoms with Crippen LogP contribution in [0.3, 0.4) is 0 Å². The van der Waals surface area contributed by atoms with Gasteiger partial charge in [-0.05, 0) is 35.9 Å². The molecule has 0 radical (unpaired) electrons. The van der Waals surface area contributed by atoms with Crippen molar-refractivity contribution in [3.05, 3.63) is 47.5 Å². The topological polar surface area (TPSA) is 77.5 Å². The van der Waals surface area contributed by atoms with Gasteiger partial charge >= 0.3 is 0 Å². The summed E-state index contributed by atoms with van der Waals surface area (Å²) in [6.07, 6.45) is 0. The van der Waals surface area contributed by atoms with E-state index >= 15 is 0 Å². The van der Waals surface area contributed by atoms with Crippen molar-refractivity contribution in [2.24, 2.45) is 0 Å². The molecule has 0 amide bonds. The van der Waals surface area contributed by atoms with E-state index in [4.69, 9.17) is 25.2 Å². The quantitative estimate of drug-likeness (QED) is 0.865. The smallest absolute Gasteiger partial charge is 0.231 e. The van der Waals surface area contributed by atoms with E-state index in [2.05, 4.69) is 0 Å². The maximum absolute atomic E-state index is 8.78. The molecule has 0 atom stereocenters. The predicted molar refractivity (Wildman–Crippen MR) is 72.5 cm³/mol. The summed E-state index contributed by atoms with van der Waals surface area (Å²) in [6, 6.07) is 12.6. The van der Waals surface area contributed by atoms with Crippen molar-refractivity contribution in [2.45, 2.75) is 6.61 Å². The van der Waals surface area contributed by atoms with Crippen LogP contribution in [0.2, 0.25) is 0 Å². The molecule has 1 aliphatic rings. The SMILES string of the molecule is N#Cc1ccc(OCc2ccc3c(c2)OCO3)c(N)c1. The first kappa shape index (κ1) is 12.2. The lowest BCUT2D eigenvalue weighted by molar-refractivity contribution is 0.174. The zero-order valence-electron chi connectivity index (χ0n) is 10.6. The Kier molecular flexibility index (Phi) is 3.05. The first-order valence-electron chi connectivity index (χ1n) is 6.07. The van der Waals surface area contributed by atoms with Gasteiger partial charge in [-0.25, -0.2) is 0 Å². The second-order valence-electron chi connectivity index (χ2n) is 4.34. The second-order valence-corrected chi connectivity index (χ2v) is 4.34. The highest BCUT2D eigenvalue weighted by molar-refractivity contribution is 5.56. The average Bonchev–Trinajstić information content (AvgIpc) is 2.93. The van der Waals surface area contributed by atoms with Crippen LogP contribution >= 0.6 is 0 Å². The fourth-order valence-corrected chi connectivity index (χ4v) is 1.94. The highest BCUT2D eigenvalue weighted by Gasteiger charge is 2.13. The van der Waals surface area contributed by atoms with Crippen molar-refractivity contribution in [2.75, 3.05) is 12.5 Å². The Bertz CT molecular complexity index is 692. The zero-order chi connectivity index (χ0) is 13.9. The molecule has 0 spiro atoms. The van der Waals surface area contributed by atoms with Crippen LogP contribution < -0.4 is 19.9 Å². The molecule has 1 aliphatic heterocycles. The van der Waals surface area contributed by atoms with Gasteiger partial charge < -0.3 is 19.9 Å².